The highest BCUT2D eigenvalue weighted by molar-refractivity contribution is 7.99. The molecule has 1 N–H and O–H groups in total. The van der Waals surface area contributed by atoms with Crippen LogP contribution in [0, 0.1) is 5.82 Å². The molecule has 2 saturated heterocycles. The topological polar surface area (TPSA) is 44.8 Å². The number of benzene rings is 1. The van der Waals surface area contributed by atoms with E-state index in [0.29, 0.717) is 11.7 Å². The van der Waals surface area contributed by atoms with Crippen LogP contribution in [0.15, 0.2) is 18.2 Å². The molecule has 0 radical (unpaired) electrons. The number of methoxy groups -OCH3 is 1. The zero-order chi connectivity index (χ0) is 16.9. The van der Waals surface area contributed by atoms with E-state index in [4.69, 9.17) is 4.74 Å². The van der Waals surface area contributed by atoms with E-state index in [-0.39, 0.29) is 11.8 Å². The van der Waals surface area contributed by atoms with Crippen LogP contribution in [0.25, 0.3) is 0 Å². The Bertz CT molecular complexity index is 573. The molecule has 0 aliphatic carbocycles. The second kappa shape index (κ2) is 8.07. The lowest BCUT2D eigenvalue weighted by molar-refractivity contribution is 0.108. The van der Waals surface area contributed by atoms with Gasteiger partial charge in [0.2, 0.25) is 0 Å². The number of halogens is 1. The first-order valence-corrected chi connectivity index (χ1v) is 9.54. The van der Waals surface area contributed by atoms with E-state index in [1.807, 2.05) is 16.7 Å². The minimum atomic E-state index is -0.435. The van der Waals surface area contributed by atoms with Gasteiger partial charge >= 0.3 is 6.03 Å². The average Bonchev–Trinajstić information content (AvgIpc) is 2.64. The lowest BCUT2D eigenvalue weighted by Gasteiger charge is -2.40. The van der Waals surface area contributed by atoms with Gasteiger partial charge in [-0.05, 0) is 36.5 Å². The normalized spacial score (nSPS) is 20.0. The molecule has 0 aromatic heterocycles. The van der Waals surface area contributed by atoms with Gasteiger partial charge in [0.15, 0.2) is 11.6 Å². The number of thioether (sulfide) groups is 1. The highest BCUT2D eigenvalue weighted by Gasteiger charge is 2.27. The van der Waals surface area contributed by atoms with Crippen LogP contribution >= 0.6 is 11.8 Å². The number of hydrogen-bond donors (Lipinski definition) is 1. The third-order valence-electron chi connectivity index (χ3n) is 4.71. The second-order valence-corrected chi connectivity index (χ2v) is 7.37. The van der Waals surface area contributed by atoms with E-state index < -0.39 is 5.82 Å². The van der Waals surface area contributed by atoms with E-state index in [1.165, 1.54) is 43.6 Å². The number of carbonyl (C=O) groups excluding carboxylic acids is 1. The summed E-state index contributed by atoms with van der Waals surface area (Å²) in [4.78, 5) is 16.7. The third-order valence-corrected chi connectivity index (χ3v) is 5.76. The zero-order valence-electron chi connectivity index (χ0n) is 14.0. The number of anilines is 1. The van der Waals surface area contributed by atoms with Crippen LogP contribution in [0.2, 0.25) is 0 Å². The number of piperazine rings is 1. The predicted octanol–water partition coefficient (Wildman–Crippen LogP) is 2.88. The van der Waals surface area contributed by atoms with E-state index in [2.05, 4.69) is 10.2 Å². The van der Waals surface area contributed by atoms with Crippen molar-refractivity contribution in [1.82, 2.24) is 9.80 Å². The van der Waals surface area contributed by atoms with Gasteiger partial charge in [-0.15, -0.1) is 0 Å². The number of rotatable bonds is 3. The van der Waals surface area contributed by atoms with E-state index >= 15 is 0 Å². The van der Waals surface area contributed by atoms with Crippen LogP contribution in [0.3, 0.4) is 0 Å². The Balaban J connectivity index is 1.51. The zero-order valence-corrected chi connectivity index (χ0v) is 14.8. The Labute approximate surface area is 146 Å². The Hall–Kier alpha value is -1.47. The molecular weight excluding hydrogens is 329 g/mol. The summed E-state index contributed by atoms with van der Waals surface area (Å²) >= 11 is 2.04. The maximum atomic E-state index is 13.4. The molecule has 2 fully saturated rings. The Morgan fingerprint density at radius 3 is 2.62 bits per heavy atom. The summed E-state index contributed by atoms with van der Waals surface area (Å²) in [5.74, 6) is 2.19. The number of urea groups is 1. The van der Waals surface area contributed by atoms with Crippen molar-refractivity contribution in [3.05, 3.63) is 24.0 Å². The van der Waals surface area contributed by atoms with Crippen molar-refractivity contribution < 1.29 is 13.9 Å². The maximum Gasteiger partial charge on any atom is 0.321 e. The highest BCUT2D eigenvalue weighted by atomic mass is 32.2. The number of carbonyl (C=O) groups is 1. The molecule has 2 amide bonds. The smallest absolute Gasteiger partial charge is 0.321 e. The van der Waals surface area contributed by atoms with Crippen molar-refractivity contribution >= 4 is 23.5 Å². The molecule has 0 spiro atoms. The summed E-state index contributed by atoms with van der Waals surface area (Å²) in [5, 5.41) is 2.83. The van der Waals surface area contributed by atoms with Crippen LogP contribution < -0.4 is 10.1 Å². The molecule has 1 aromatic carbocycles. The third kappa shape index (κ3) is 4.13. The lowest BCUT2D eigenvalue weighted by Crippen LogP contribution is -2.53. The first-order chi connectivity index (χ1) is 11.7. The van der Waals surface area contributed by atoms with Gasteiger partial charge < -0.3 is 15.0 Å². The average molecular weight is 353 g/mol. The van der Waals surface area contributed by atoms with Crippen molar-refractivity contribution in [3.63, 3.8) is 0 Å². The summed E-state index contributed by atoms with van der Waals surface area (Å²) in [6.45, 7) is 3.31. The van der Waals surface area contributed by atoms with Gasteiger partial charge in [0.25, 0.3) is 0 Å². The summed E-state index contributed by atoms with van der Waals surface area (Å²) in [6.07, 6.45) is 2.51. The van der Waals surface area contributed by atoms with Crippen molar-refractivity contribution in [1.29, 1.82) is 0 Å². The molecule has 3 rings (SSSR count). The fraction of sp³-hybridized carbons (Fsp3) is 0.588. The standard InChI is InChI=1S/C17H24FN3O2S/c1-23-16-12-13(2-3-15(16)18)19-17(22)21-8-6-20(7-9-21)14-4-10-24-11-5-14/h2-3,12,14H,4-11H2,1H3,(H,19,22). The number of ether oxygens (including phenoxy) is 1. The predicted molar refractivity (Wildman–Crippen MR) is 95.5 cm³/mol. The van der Waals surface area contributed by atoms with Gasteiger partial charge in [0.1, 0.15) is 0 Å². The number of nitrogens with zero attached hydrogens (tertiary/aromatic N) is 2. The highest BCUT2D eigenvalue weighted by Crippen LogP contribution is 2.24. The molecule has 2 aliphatic rings. The van der Waals surface area contributed by atoms with E-state index in [9.17, 15) is 9.18 Å². The molecule has 0 bridgehead atoms. The van der Waals surface area contributed by atoms with E-state index in [1.54, 1.807) is 6.07 Å². The minimum absolute atomic E-state index is 0.132. The quantitative estimate of drug-likeness (QED) is 0.908. The number of nitrogens with one attached hydrogen (secondary N) is 1. The molecular formula is C17H24FN3O2S. The summed E-state index contributed by atoms with van der Waals surface area (Å²) in [7, 11) is 1.41. The molecule has 0 unspecified atom stereocenters. The van der Waals surface area contributed by atoms with Crippen molar-refractivity contribution in [2.45, 2.75) is 18.9 Å². The summed E-state index contributed by atoms with van der Waals surface area (Å²) < 4.78 is 18.4. The fourth-order valence-electron chi connectivity index (χ4n) is 3.28. The molecule has 2 aliphatic heterocycles. The van der Waals surface area contributed by atoms with Gasteiger partial charge in [-0.3, -0.25) is 4.90 Å². The Morgan fingerprint density at radius 2 is 1.96 bits per heavy atom. The molecule has 2 heterocycles. The monoisotopic (exact) mass is 353 g/mol. The first-order valence-electron chi connectivity index (χ1n) is 8.38. The van der Waals surface area contributed by atoms with Crippen LogP contribution in [0.1, 0.15) is 12.8 Å². The van der Waals surface area contributed by atoms with Gasteiger partial charge in [-0.2, -0.15) is 11.8 Å². The summed E-state index contributed by atoms with van der Waals surface area (Å²) in [5.41, 5.74) is 0.546. The molecule has 0 saturated carbocycles. The Kier molecular flexibility index (Phi) is 5.84. The minimum Gasteiger partial charge on any atom is -0.494 e. The van der Waals surface area contributed by atoms with Crippen molar-refractivity contribution in [2.75, 3.05) is 50.1 Å². The largest absolute Gasteiger partial charge is 0.494 e. The molecule has 132 valence electrons. The lowest BCUT2D eigenvalue weighted by atomic mass is 10.1. The first kappa shape index (κ1) is 17.4. The van der Waals surface area contributed by atoms with Crippen LogP contribution in [-0.2, 0) is 0 Å². The Morgan fingerprint density at radius 1 is 1.25 bits per heavy atom. The van der Waals surface area contributed by atoms with Gasteiger partial charge in [0, 0.05) is 44.0 Å². The molecule has 5 nitrogen and oxygen atoms in total. The second-order valence-electron chi connectivity index (χ2n) is 6.15. The van der Waals surface area contributed by atoms with Crippen molar-refractivity contribution in [2.24, 2.45) is 0 Å². The van der Waals surface area contributed by atoms with Crippen molar-refractivity contribution in [3.8, 4) is 5.75 Å². The van der Waals surface area contributed by atoms with Gasteiger partial charge in [0.05, 0.1) is 7.11 Å². The van der Waals surface area contributed by atoms with Gasteiger partial charge in [-0.1, -0.05) is 0 Å². The summed E-state index contributed by atoms with van der Waals surface area (Å²) in [6, 6.07) is 4.89. The van der Waals surface area contributed by atoms with Gasteiger partial charge in [-0.25, -0.2) is 9.18 Å². The number of amides is 2. The molecule has 0 atom stereocenters. The van der Waals surface area contributed by atoms with E-state index in [0.717, 1.165) is 26.2 Å². The molecule has 7 heteroatoms. The maximum absolute atomic E-state index is 13.4. The fourth-order valence-corrected chi connectivity index (χ4v) is 4.36. The molecule has 24 heavy (non-hydrogen) atoms. The van der Waals surface area contributed by atoms with Crippen LogP contribution in [0.4, 0.5) is 14.9 Å². The SMILES string of the molecule is COc1cc(NC(=O)N2CCN(C3CCSCC3)CC2)ccc1F. The van der Waals surface area contributed by atoms with Crippen LogP contribution in [0.5, 0.6) is 5.75 Å². The number of hydrogen-bond acceptors (Lipinski definition) is 4. The molecule has 1 aromatic rings. The van der Waals surface area contributed by atoms with Crippen LogP contribution in [-0.4, -0.2) is 66.7 Å².